The third-order valence-corrected chi connectivity index (χ3v) is 2.51. The van der Waals surface area contributed by atoms with E-state index in [1.54, 1.807) is 0 Å². The lowest BCUT2D eigenvalue weighted by atomic mass is 9.99. The van der Waals surface area contributed by atoms with Gasteiger partial charge in [-0.2, -0.15) is 5.26 Å². The molecule has 2 rings (SSSR count). The van der Waals surface area contributed by atoms with E-state index in [9.17, 15) is 17.6 Å². The van der Waals surface area contributed by atoms with Gasteiger partial charge in [-0.25, -0.2) is 4.39 Å². The van der Waals surface area contributed by atoms with Crippen molar-refractivity contribution in [3.05, 3.63) is 53.8 Å². The molecular weight excluding hydrogens is 274 g/mol. The minimum atomic E-state index is -4.85. The van der Waals surface area contributed by atoms with Crippen LogP contribution in [0.1, 0.15) is 5.56 Å². The molecule has 0 saturated carbocycles. The van der Waals surface area contributed by atoms with E-state index in [-0.39, 0.29) is 16.7 Å². The molecule has 0 saturated heterocycles. The molecular formula is C14H7F4NO. The molecule has 0 spiro atoms. The van der Waals surface area contributed by atoms with Crippen LogP contribution in [0.4, 0.5) is 17.6 Å². The maximum absolute atomic E-state index is 13.7. The summed E-state index contributed by atoms with van der Waals surface area (Å²) in [5.41, 5.74) is 0.147. The highest BCUT2D eigenvalue weighted by Gasteiger charge is 2.31. The minimum absolute atomic E-state index is 0.0386. The molecule has 0 aliphatic rings. The van der Waals surface area contributed by atoms with Crippen molar-refractivity contribution in [1.29, 1.82) is 5.26 Å². The van der Waals surface area contributed by atoms with Crippen molar-refractivity contribution >= 4 is 0 Å². The molecule has 0 N–H and O–H groups in total. The van der Waals surface area contributed by atoms with E-state index in [4.69, 9.17) is 5.26 Å². The van der Waals surface area contributed by atoms with Crippen molar-refractivity contribution in [2.24, 2.45) is 0 Å². The summed E-state index contributed by atoms with van der Waals surface area (Å²) < 4.78 is 54.0. The highest BCUT2D eigenvalue weighted by molar-refractivity contribution is 5.72. The number of rotatable bonds is 2. The third kappa shape index (κ3) is 3.06. The molecule has 2 aromatic carbocycles. The molecule has 0 unspecified atom stereocenters. The molecule has 0 atom stereocenters. The number of nitrogens with zero attached hydrogens (tertiary/aromatic N) is 1. The SMILES string of the molecule is N#Cc1ccc(OC(F)(F)F)cc1-c1ccccc1F. The summed E-state index contributed by atoms with van der Waals surface area (Å²) in [5, 5.41) is 8.96. The first-order valence-corrected chi connectivity index (χ1v) is 5.45. The van der Waals surface area contributed by atoms with Gasteiger partial charge in [0.25, 0.3) is 0 Å². The summed E-state index contributed by atoms with van der Waals surface area (Å²) in [4.78, 5) is 0. The Morgan fingerprint density at radius 2 is 1.70 bits per heavy atom. The molecule has 102 valence electrons. The standard InChI is InChI=1S/C14H7F4NO/c15-13-4-2-1-3-11(13)12-7-10(20-14(16,17)18)6-5-9(12)8-19/h1-7H. The van der Waals surface area contributed by atoms with Gasteiger partial charge in [0.1, 0.15) is 11.6 Å². The van der Waals surface area contributed by atoms with Crippen LogP contribution in [-0.2, 0) is 0 Å². The number of hydrogen-bond acceptors (Lipinski definition) is 2. The van der Waals surface area contributed by atoms with Crippen LogP contribution in [-0.4, -0.2) is 6.36 Å². The zero-order valence-electron chi connectivity index (χ0n) is 9.91. The van der Waals surface area contributed by atoms with E-state index in [0.29, 0.717) is 0 Å². The molecule has 2 aromatic rings. The molecule has 0 amide bonds. The summed E-state index contributed by atoms with van der Waals surface area (Å²) in [7, 11) is 0. The first kappa shape index (κ1) is 13.9. The first-order chi connectivity index (χ1) is 9.40. The molecule has 0 aliphatic carbocycles. The highest BCUT2D eigenvalue weighted by atomic mass is 19.4. The maximum atomic E-state index is 13.7. The van der Waals surface area contributed by atoms with Crippen molar-refractivity contribution in [3.63, 3.8) is 0 Å². The van der Waals surface area contributed by atoms with Gasteiger partial charge in [0.15, 0.2) is 0 Å². The van der Waals surface area contributed by atoms with Gasteiger partial charge >= 0.3 is 6.36 Å². The Bertz CT molecular complexity index is 674. The largest absolute Gasteiger partial charge is 0.573 e. The number of alkyl halides is 3. The van der Waals surface area contributed by atoms with Crippen LogP contribution in [0.5, 0.6) is 5.75 Å². The average Bonchev–Trinajstić information content (AvgIpc) is 2.37. The molecule has 6 heteroatoms. The summed E-state index contributed by atoms with van der Waals surface area (Å²) >= 11 is 0. The van der Waals surface area contributed by atoms with Crippen molar-refractivity contribution in [3.8, 4) is 22.9 Å². The van der Waals surface area contributed by atoms with Crippen LogP contribution < -0.4 is 4.74 Å². The molecule has 0 aromatic heterocycles. The zero-order chi connectivity index (χ0) is 14.8. The second-order valence-corrected chi connectivity index (χ2v) is 3.85. The van der Waals surface area contributed by atoms with Gasteiger partial charge in [0, 0.05) is 11.1 Å². The lowest BCUT2D eigenvalue weighted by molar-refractivity contribution is -0.274. The van der Waals surface area contributed by atoms with Crippen LogP contribution in [0.3, 0.4) is 0 Å². The number of ether oxygens (including phenoxy) is 1. The normalized spacial score (nSPS) is 10.9. The zero-order valence-corrected chi connectivity index (χ0v) is 9.91. The van der Waals surface area contributed by atoms with E-state index in [1.165, 1.54) is 18.2 Å². The lowest BCUT2D eigenvalue weighted by Crippen LogP contribution is -2.17. The fourth-order valence-electron chi connectivity index (χ4n) is 1.72. The maximum Gasteiger partial charge on any atom is 0.573 e. The van der Waals surface area contributed by atoms with Gasteiger partial charge in [-0.3, -0.25) is 0 Å². The van der Waals surface area contributed by atoms with Crippen molar-refractivity contribution in [2.45, 2.75) is 6.36 Å². The average molecular weight is 281 g/mol. The van der Waals surface area contributed by atoms with Crippen LogP contribution in [0.25, 0.3) is 11.1 Å². The summed E-state index contributed by atoms with van der Waals surface area (Å²) in [6.07, 6.45) is -4.85. The second-order valence-electron chi connectivity index (χ2n) is 3.85. The summed E-state index contributed by atoms with van der Waals surface area (Å²) in [5.74, 6) is -1.14. The molecule has 0 aliphatic heterocycles. The second kappa shape index (κ2) is 5.21. The number of halogens is 4. The molecule has 0 bridgehead atoms. The van der Waals surface area contributed by atoms with Crippen LogP contribution in [0, 0.1) is 17.1 Å². The molecule has 0 heterocycles. The Kier molecular flexibility index (Phi) is 3.61. The van der Waals surface area contributed by atoms with E-state index < -0.39 is 17.9 Å². The summed E-state index contributed by atoms with van der Waals surface area (Å²) in [6, 6.07) is 10.5. The van der Waals surface area contributed by atoms with E-state index in [0.717, 1.165) is 24.3 Å². The van der Waals surface area contributed by atoms with Gasteiger partial charge in [0.2, 0.25) is 0 Å². The Morgan fingerprint density at radius 1 is 1.00 bits per heavy atom. The number of hydrogen-bond donors (Lipinski definition) is 0. The third-order valence-electron chi connectivity index (χ3n) is 2.51. The minimum Gasteiger partial charge on any atom is -0.406 e. The molecule has 0 radical (unpaired) electrons. The van der Waals surface area contributed by atoms with Crippen LogP contribution >= 0.6 is 0 Å². The summed E-state index contributed by atoms with van der Waals surface area (Å²) in [6.45, 7) is 0. The quantitative estimate of drug-likeness (QED) is 0.770. The number of benzene rings is 2. The van der Waals surface area contributed by atoms with Gasteiger partial charge in [-0.1, -0.05) is 18.2 Å². The lowest BCUT2D eigenvalue weighted by Gasteiger charge is -2.11. The topological polar surface area (TPSA) is 33.0 Å². The fourth-order valence-corrected chi connectivity index (χ4v) is 1.72. The van der Waals surface area contributed by atoms with Crippen molar-refractivity contribution in [1.82, 2.24) is 0 Å². The van der Waals surface area contributed by atoms with E-state index >= 15 is 0 Å². The fraction of sp³-hybridized carbons (Fsp3) is 0.0714. The molecule has 0 fully saturated rings. The van der Waals surface area contributed by atoms with Crippen molar-refractivity contribution in [2.75, 3.05) is 0 Å². The highest BCUT2D eigenvalue weighted by Crippen LogP contribution is 2.31. The van der Waals surface area contributed by atoms with Gasteiger partial charge in [-0.15, -0.1) is 13.2 Å². The monoisotopic (exact) mass is 281 g/mol. The Balaban J connectivity index is 2.54. The van der Waals surface area contributed by atoms with Gasteiger partial charge in [-0.05, 0) is 24.3 Å². The Morgan fingerprint density at radius 3 is 2.30 bits per heavy atom. The molecule has 20 heavy (non-hydrogen) atoms. The van der Waals surface area contributed by atoms with Crippen LogP contribution in [0.2, 0.25) is 0 Å². The number of nitriles is 1. The van der Waals surface area contributed by atoms with Gasteiger partial charge in [0.05, 0.1) is 11.6 Å². The van der Waals surface area contributed by atoms with Crippen molar-refractivity contribution < 1.29 is 22.3 Å². The van der Waals surface area contributed by atoms with Crippen LogP contribution in [0.15, 0.2) is 42.5 Å². The Hall–Kier alpha value is -2.55. The smallest absolute Gasteiger partial charge is 0.406 e. The Labute approximate surface area is 111 Å². The van der Waals surface area contributed by atoms with Gasteiger partial charge < -0.3 is 4.74 Å². The van der Waals surface area contributed by atoms with E-state index in [2.05, 4.69) is 4.74 Å². The first-order valence-electron chi connectivity index (χ1n) is 5.45. The predicted octanol–water partition coefficient (Wildman–Crippen LogP) is 4.26. The predicted molar refractivity (Wildman–Crippen MR) is 63.2 cm³/mol. The van der Waals surface area contributed by atoms with E-state index in [1.807, 2.05) is 6.07 Å². The molecule has 2 nitrogen and oxygen atoms in total.